The van der Waals surface area contributed by atoms with Crippen molar-refractivity contribution >= 4 is 5.78 Å². The lowest BCUT2D eigenvalue weighted by molar-refractivity contribution is -0.180. The molecular formula is C36H47NO5. The fraction of sp³-hybridized carbons (Fsp3) is 0.472. The van der Waals surface area contributed by atoms with Crippen molar-refractivity contribution in [3.8, 4) is 5.75 Å². The van der Waals surface area contributed by atoms with E-state index in [0.29, 0.717) is 12.2 Å². The van der Waals surface area contributed by atoms with Crippen LogP contribution in [0.25, 0.3) is 0 Å². The number of hydrogen-bond donors (Lipinski definition) is 1. The van der Waals surface area contributed by atoms with Gasteiger partial charge in [-0.1, -0.05) is 73.5 Å². The fourth-order valence-electron chi connectivity index (χ4n) is 5.39. The number of carbonyl (C=O) groups excluding carboxylic acids is 1. The monoisotopic (exact) mass is 573 g/mol. The van der Waals surface area contributed by atoms with Gasteiger partial charge in [0.15, 0.2) is 5.78 Å². The third-order valence-corrected chi connectivity index (χ3v) is 7.79. The Bertz CT molecular complexity index is 1210. The van der Waals surface area contributed by atoms with E-state index in [9.17, 15) is 9.90 Å². The predicted molar refractivity (Wildman–Crippen MR) is 167 cm³/mol. The number of fused-ring (bicyclic) bond motifs is 1. The van der Waals surface area contributed by atoms with Gasteiger partial charge in [0.1, 0.15) is 5.75 Å². The Kier molecular flexibility index (Phi) is 12.6. The number of hydrogen-bond acceptors (Lipinski definition) is 6. The van der Waals surface area contributed by atoms with Crippen LogP contribution in [-0.4, -0.2) is 54.5 Å². The van der Waals surface area contributed by atoms with Gasteiger partial charge in [-0.25, -0.2) is 0 Å². The minimum atomic E-state index is -0.673. The Morgan fingerprint density at radius 2 is 1.60 bits per heavy atom. The second kappa shape index (κ2) is 16.6. The molecule has 4 rings (SSSR count). The van der Waals surface area contributed by atoms with Crippen LogP contribution in [0.15, 0.2) is 78.9 Å². The van der Waals surface area contributed by atoms with E-state index in [2.05, 4.69) is 35.2 Å². The van der Waals surface area contributed by atoms with Gasteiger partial charge < -0.3 is 19.3 Å². The number of aliphatic hydroxyl groups is 1. The number of ether oxygens (including phenoxy) is 3. The van der Waals surface area contributed by atoms with Gasteiger partial charge in [-0.15, -0.1) is 0 Å². The molecule has 1 aliphatic heterocycles. The molecule has 0 aliphatic carbocycles. The van der Waals surface area contributed by atoms with Crippen LogP contribution >= 0.6 is 0 Å². The molecule has 226 valence electrons. The summed E-state index contributed by atoms with van der Waals surface area (Å²) in [6.07, 6.45) is 7.47. The zero-order valence-electron chi connectivity index (χ0n) is 25.3. The summed E-state index contributed by atoms with van der Waals surface area (Å²) in [4.78, 5) is 15.6. The lowest BCUT2D eigenvalue weighted by Gasteiger charge is -2.33. The average Bonchev–Trinajstić information content (AvgIpc) is 3.00. The summed E-state index contributed by atoms with van der Waals surface area (Å²) in [5, 5.41) is 10.4. The van der Waals surface area contributed by atoms with Crippen molar-refractivity contribution in [2.75, 3.05) is 32.9 Å². The highest BCUT2D eigenvalue weighted by molar-refractivity contribution is 5.98. The molecule has 0 spiro atoms. The van der Waals surface area contributed by atoms with Crippen LogP contribution in [0.5, 0.6) is 5.75 Å². The molecule has 0 fully saturated rings. The van der Waals surface area contributed by atoms with Crippen molar-refractivity contribution in [1.29, 1.82) is 0 Å². The van der Waals surface area contributed by atoms with Gasteiger partial charge in [0, 0.05) is 38.2 Å². The summed E-state index contributed by atoms with van der Waals surface area (Å²) >= 11 is 0. The van der Waals surface area contributed by atoms with E-state index in [1.54, 1.807) is 0 Å². The predicted octanol–water partition coefficient (Wildman–Crippen LogP) is 7.15. The number of rotatable bonds is 18. The Balaban J connectivity index is 1.23. The largest absolute Gasteiger partial charge is 0.463 e. The van der Waals surface area contributed by atoms with E-state index in [1.807, 2.05) is 62.4 Å². The lowest BCUT2D eigenvalue weighted by atomic mass is 10.0. The van der Waals surface area contributed by atoms with Gasteiger partial charge in [0.05, 0.1) is 25.8 Å². The Morgan fingerprint density at radius 3 is 2.33 bits per heavy atom. The summed E-state index contributed by atoms with van der Waals surface area (Å²) in [6, 6.07) is 25.9. The van der Waals surface area contributed by atoms with E-state index in [0.717, 1.165) is 81.6 Å². The van der Waals surface area contributed by atoms with Crippen LogP contribution in [0.4, 0.5) is 0 Å². The van der Waals surface area contributed by atoms with Crippen LogP contribution in [0.3, 0.4) is 0 Å². The first-order valence-electron chi connectivity index (χ1n) is 15.5. The third kappa shape index (κ3) is 10.1. The molecule has 0 bridgehead atoms. The summed E-state index contributed by atoms with van der Waals surface area (Å²) in [5.41, 5.74) is 3.92. The molecule has 0 unspecified atom stereocenters. The molecular weight excluding hydrogens is 526 g/mol. The summed E-state index contributed by atoms with van der Waals surface area (Å²) in [7, 11) is 0. The SMILES string of the molecule is CC1(C)OCc2cc(C(=O)CN(CCCCCCOCCCCc3ccccc3)[C@H](CO)c3ccccc3)ccc2O1. The maximum absolute atomic E-state index is 13.5. The van der Waals surface area contributed by atoms with Gasteiger partial charge in [-0.3, -0.25) is 9.69 Å². The summed E-state index contributed by atoms with van der Waals surface area (Å²) < 4.78 is 17.5. The highest BCUT2D eigenvalue weighted by Crippen LogP contribution is 2.32. The van der Waals surface area contributed by atoms with E-state index in [4.69, 9.17) is 14.2 Å². The smallest absolute Gasteiger partial charge is 0.205 e. The average molecular weight is 574 g/mol. The van der Waals surface area contributed by atoms with Gasteiger partial charge in [0.2, 0.25) is 5.79 Å². The summed E-state index contributed by atoms with van der Waals surface area (Å²) in [6.45, 7) is 6.70. The molecule has 6 heteroatoms. The molecule has 0 amide bonds. The Morgan fingerprint density at radius 1 is 0.905 bits per heavy atom. The zero-order chi connectivity index (χ0) is 29.6. The molecule has 0 saturated heterocycles. The number of benzene rings is 3. The van der Waals surface area contributed by atoms with E-state index >= 15 is 0 Å². The second-order valence-electron chi connectivity index (χ2n) is 11.6. The number of Topliss-reactive ketones (excluding diaryl/α,β-unsaturated/α-hetero) is 1. The molecule has 3 aromatic rings. The number of aryl methyl sites for hydroxylation is 1. The normalized spacial score (nSPS) is 14.8. The van der Waals surface area contributed by atoms with Gasteiger partial charge in [-0.2, -0.15) is 0 Å². The number of carbonyl (C=O) groups is 1. The first kappa shape index (κ1) is 31.9. The molecule has 1 aliphatic rings. The number of aliphatic hydroxyl groups excluding tert-OH is 1. The molecule has 3 aromatic carbocycles. The quantitative estimate of drug-likeness (QED) is 0.129. The Labute approximate surface area is 251 Å². The highest BCUT2D eigenvalue weighted by Gasteiger charge is 2.28. The van der Waals surface area contributed by atoms with E-state index < -0.39 is 5.79 Å². The van der Waals surface area contributed by atoms with Gasteiger partial charge in [-0.05, 0) is 68.0 Å². The van der Waals surface area contributed by atoms with Crippen LogP contribution in [0.1, 0.15) is 85.5 Å². The molecule has 0 radical (unpaired) electrons. The van der Waals surface area contributed by atoms with Crippen molar-refractivity contribution in [2.45, 2.75) is 77.2 Å². The van der Waals surface area contributed by atoms with Crippen molar-refractivity contribution in [2.24, 2.45) is 0 Å². The van der Waals surface area contributed by atoms with Gasteiger partial charge >= 0.3 is 0 Å². The Hall–Kier alpha value is -3.03. The van der Waals surface area contributed by atoms with Crippen LogP contribution < -0.4 is 4.74 Å². The highest BCUT2D eigenvalue weighted by atomic mass is 16.7. The zero-order valence-corrected chi connectivity index (χ0v) is 25.3. The molecule has 6 nitrogen and oxygen atoms in total. The number of unbranched alkanes of at least 4 members (excludes halogenated alkanes) is 4. The second-order valence-corrected chi connectivity index (χ2v) is 11.6. The maximum atomic E-state index is 13.5. The summed E-state index contributed by atoms with van der Waals surface area (Å²) in [5.74, 6) is 0.111. The molecule has 0 aromatic heterocycles. The minimum absolute atomic E-state index is 0.0256. The fourth-order valence-corrected chi connectivity index (χ4v) is 5.39. The molecule has 1 atom stereocenters. The van der Waals surface area contributed by atoms with Crippen molar-refractivity contribution < 1.29 is 24.1 Å². The van der Waals surface area contributed by atoms with Crippen molar-refractivity contribution in [1.82, 2.24) is 4.90 Å². The lowest BCUT2D eigenvalue weighted by Crippen LogP contribution is -2.37. The maximum Gasteiger partial charge on any atom is 0.205 e. The molecule has 1 heterocycles. The van der Waals surface area contributed by atoms with Gasteiger partial charge in [0.25, 0.3) is 0 Å². The minimum Gasteiger partial charge on any atom is -0.463 e. The number of ketones is 1. The van der Waals surface area contributed by atoms with Crippen LogP contribution in [-0.2, 0) is 22.5 Å². The first-order valence-corrected chi connectivity index (χ1v) is 15.5. The van der Waals surface area contributed by atoms with Crippen LogP contribution in [0.2, 0.25) is 0 Å². The van der Waals surface area contributed by atoms with E-state index in [-0.39, 0.29) is 25.0 Å². The first-order chi connectivity index (χ1) is 20.4. The molecule has 0 saturated carbocycles. The standard InChI is InChI=1S/C36H47NO5/c1-36(2)41-28-32-25-31(20-21-35(32)42-36)34(39)26-37(33(27-38)30-18-9-6-10-19-30)22-12-3-4-13-23-40-24-14-11-17-29-15-7-5-8-16-29/h5-10,15-16,18-21,25,33,38H,3-4,11-14,17,22-24,26-28H2,1-2H3/t33-/m1/s1. The van der Waals surface area contributed by atoms with Crippen molar-refractivity contribution in [3.63, 3.8) is 0 Å². The molecule has 1 N–H and O–H groups in total. The van der Waals surface area contributed by atoms with Crippen LogP contribution in [0, 0.1) is 0 Å². The topological polar surface area (TPSA) is 68.2 Å². The molecule has 42 heavy (non-hydrogen) atoms. The van der Waals surface area contributed by atoms with E-state index in [1.165, 1.54) is 5.56 Å². The third-order valence-electron chi connectivity index (χ3n) is 7.79. The van der Waals surface area contributed by atoms with Crippen molar-refractivity contribution in [3.05, 3.63) is 101 Å². The number of nitrogens with zero attached hydrogens (tertiary/aromatic N) is 1.